The van der Waals surface area contributed by atoms with Crippen molar-refractivity contribution < 1.29 is 19.4 Å². The van der Waals surface area contributed by atoms with Gasteiger partial charge in [-0.2, -0.15) is 0 Å². The van der Waals surface area contributed by atoms with E-state index in [-0.39, 0.29) is 11.2 Å². The summed E-state index contributed by atoms with van der Waals surface area (Å²) in [6, 6.07) is 0. The van der Waals surface area contributed by atoms with Crippen molar-refractivity contribution in [2.75, 3.05) is 0 Å². The van der Waals surface area contributed by atoms with Crippen LogP contribution in [-0.4, -0.2) is 34.5 Å². The van der Waals surface area contributed by atoms with Crippen LogP contribution in [-0.2, 0) is 14.3 Å². The molecule has 0 aromatic carbocycles. The van der Waals surface area contributed by atoms with Crippen LogP contribution < -0.4 is 0 Å². The van der Waals surface area contributed by atoms with E-state index in [1.807, 2.05) is 0 Å². The van der Waals surface area contributed by atoms with Crippen molar-refractivity contribution >= 4 is 5.97 Å². The van der Waals surface area contributed by atoms with Crippen molar-refractivity contribution in [2.45, 2.75) is 81.2 Å². The number of epoxide rings is 2. The topological polar surface area (TPSA) is 62.4 Å². The molecule has 112 valence electrons. The van der Waals surface area contributed by atoms with E-state index in [4.69, 9.17) is 14.6 Å². The van der Waals surface area contributed by atoms with E-state index in [2.05, 4.69) is 6.58 Å². The summed E-state index contributed by atoms with van der Waals surface area (Å²) in [5.41, 5.74) is 0.564. The summed E-state index contributed by atoms with van der Waals surface area (Å²) in [6.07, 6.45) is 14.0. The van der Waals surface area contributed by atoms with Crippen LogP contribution in [0.1, 0.15) is 57.8 Å². The Hall–Kier alpha value is -0.870. The van der Waals surface area contributed by atoms with E-state index in [9.17, 15) is 4.79 Å². The van der Waals surface area contributed by atoms with Gasteiger partial charge >= 0.3 is 5.97 Å². The largest absolute Gasteiger partial charge is 0.478 e. The molecule has 0 amide bonds. The molecule has 0 bridgehead atoms. The third kappa shape index (κ3) is 2.63. The molecular formula is C16H24O4. The van der Waals surface area contributed by atoms with Gasteiger partial charge in [-0.25, -0.2) is 4.79 Å². The van der Waals surface area contributed by atoms with Crippen LogP contribution in [0.4, 0.5) is 0 Å². The van der Waals surface area contributed by atoms with Crippen molar-refractivity contribution in [3.8, 4) is 0 Å². The summed E-state index contributed by atoms with van der Waals surface area (Å²) in [7, 11) is 0. The standard InChI is InChI=1S/C13H20O2.C3H4O2/c1-3-7-12(10(5-1)14-12)9-13-8-4-2-6-11(13)15-13;1-2-3(4)5/h10-11H,1-9H2;2H,1H2,(H,4,5). The van der Waals surface area contributed by atoms with Crippen LogP contribution >= 0.6 is 0 Å². The second kappa shape index (κ2) is 5.15. The van der Waals surface area contributed by atoms with Gasteiger partial charge in [-0.05, 0) is 25.7 Å². The molecule has 4 nitrogen and oxygen atoms in total. The lowest BCUT2D eigenvalue weighted by Gasteiger charge is -2.23. The lowest BCUT2D eigenvalue weighted by atomic mass is 9.77. The highest BCUT2D eigenvalue weighted by molar-refractivity contribution is 5.78. The molecule has 2 aliphatic heterocycles. The molecule has 0 aromatic rings. The lowest BCUT2D eigenvalue weighted by Crippen LogP contribution is -2.30. The maximum atomic E-state index is 9.25. The minimum Gasteiger partial charge on any atom is -0.478 e. The van der Waals surface area contributed by atoms with E-state index in [0.717, 1.165) is 6.08 Å². The highest BCUT2D eigenvalue weighted by Crippen LogP contribution is 2.60. The smallest absolute Gasteiger partial charge is 0.327 e. The van der Waals surface area contributed by atoms with Crippen molar-refractivity contribution in [3.63, 3.8) is 0 Å². The molecule has 4 unspecified atom stereocenters. The first kappa shape index (κ1) is 14.1. The minimum atomic E-state index is -0.981. The molecule has 20 heavy (non-hydrogen) atoms. The van der Waals surface area contributed by atoms with Crippen LogP contribution in [0.25, 0.3) is 0 Å². The normalized spacial score (nSPS) is 44.2. The fourth-order valence-electron chi connectivity index (χ4n) is 4.08. The number of carbonyl (C=O) groups is 1. The summed E-state index contributed by atoms with van der Waals surface area (Å²) >= 11 is 0. The average molecular weight is 280 g/mol. The summed E-state index contributed by atoms with van der Waals surface area (Å²) < 4.78 is 12.0. The summed E-state index contributed by atoms with van der Waals surface area (Å²) in [6.45, 7) is 2.96. The molecule has 2 saturated carbocycles. The number of carboxylic acids is 1. The Balaban J connectivity index is 0.000000213. The van der Waals surface area contributed by atoms with Gasteiger partial charge in [0.2, 0.25) is 0 Å². The predicted molar refractivity (Wildman–Crippen MR) is 74.6 cm³/mol. The molecule has 2 heterocycles. The number of hydrogen-bond donors (Lipinski definition) is 1. The molecular weight excluding hydrogens is 256 g/mol. The Bertz CT molecular complexity index is 379. The monoisotopic (exact) mass is 280 g/mol. The van der Waals surface area contributed by atoms with Gasteiger partial charge in [0.15, 0.2) is 0 Å². The first-order chi connectivity index (χ1) is 9.60. The van der Waals surface area contributed by atoms with Crippen LogP contribution in [0.3, 0.4) is 0 Å². The number of fused-ring (bicyclic) bond motifs is 2. The fraction of sp³-hybridized carbons (Fsp3) is 0.812. The molecule has 4 fully saturated rings. The maximum absolute atomic E-state index is 9.25. The summed E-state index contributed by atoms with van der Waals surface area (Å²) in [5.74, 6) is -0.981. The molecule has 4 rings (SSSR count). The zero-order valence-corrected chi connectivity index (χ0v) is 12.0. The zero-order chi connectivity index (χ0) is 14.2. The second-order valence-corrected chi connectivity index (χ2v) is 6.55. The third-order valence-electron chi connectivity index (χ3n) is 5.22. The summed E-state index contributed by atoms with van der Waals surface area (Å²) in [5, 5.41) is 7.60. The number of carboxylic acid groups (broad SMARTS) is 1. The van der Waals surface area contributed by atoms with E-state index < -0.39 is 5.97 Å². The quantitative estimate of drug-likeness (QED) is 0.637. The number of aliphatic carboxylic acids is 1. The SMILES string of the molecule is C1CCC2(CC34CCCCC3O4)OC2C1.C=CC(=O)O. The van der Waals surface area contributed by atoms with Gasteiger partial charge in [0.1, 0.15) is 0 Å². The second-order valence-electron chi connectivity index (χ2n) is 6.55. The molecule has 2 saturated heterocycles. The van der Waals surface area contributed by atoms with Gasteiger partial charge < -0.3 is 14.6 Å². The number of hydrogen-bond acceptors (Lipinski definition) is 3. The van der Waals surface area contributed by atoms with Crippen molar-refractivity contribution in [1.82, 2.24) is 0 Å². The number of ether oxygens (including phenoxy) is 2. The van der Waals surface area contributed by atoms with Gasteiger partial charge in [0, 0.05) is 12.5 Å². The Labute approximate surface area is 120 Å². The average Bonchev–Trinajstić information content (AvgIpc) is 3.31. The van der Waals surface area contributed by atoms with E-state index in [0.29, 0.717) is 12.2 Å². The first-order valence-electron chi connectivity index (χ1n) is 7.81. The van der Waals surface area contributed by atoms with Gasteiger partial charge in [-0.3, -0.25) is 0 Å². The van der Waals surface area contributed by atoms with Crippen LogP contribution in [0.15, 0.2) is 12.7 Å². The highest BCUT2D eigenvalue weighted by Gasteiger charge is 2.67. The third-order valence-corrected chi connectivity index (χ3v) is 5.22. The van der Waals surface area contributed by atoms with Crippen molar-refractivity contribution in [2.24, 2.45) is 0 Å². The van der Waals surface area contributed by atoms with E-state index in [1.165, 1.54) is 57.8 Å². The van der Waals surface area contributed by atoms with Crippen LogP contribution in [0.2, 0.25) is 0 Å². The van der Waals surface area contributed by atoms with Gasteiger partial charge in [-0.1, -0.05) is 32.3 Å². The molecule has 0 spiro atoms. The first-order valence-corrected chi connectivity index (χ1v) is 7.81. The molecule has 4 atom stereocenters. The molecule has 2 aliphatic carbocycles. The molecule has 4 heteroatoms. The highest BCUT2D eigenvalue weighted by atomic mass is 16.6. The van der Waals surface area contributed by atoms with Gasteiger partial charge in [0.25, 0.3) is 0 Å². The maximum Gasteiger partial charge on any atom is 0.327 e. The molecule has 0 radical (unpaired) electrons. The summed E-state index contributed by atoms with van der Waals surface area (Å²) in [4.78, 5) is 9.25. The molecule has 1 N–H and O–H groups in total. The fourth-order valence-corrected chi connectivity index (χ4v) is 4.08. The van der Waals surface area contributed by atoms with Crippen molar-refractivity contribution in [1.29, 1.82) is 0 Å². The lowest BCUT2D eigenvalue weighted by molar-refractivity contribution is -0.131. The molecule has 0 aromatic heterocycles. The van der Waals surface area contributed by atoms with Crippen LogP contribution in [0.5, 0.6) is 0 Å². The Kier molecular flexibility index (Phi) is 3.63. The Morgan fingerprint density at radius 2 is 1.55 bits per heavy atom. The minimum absolute atomic E-state index is 0.282. The van der Waals surface area contributed by atoms with E-state index >= 15 is 0 Å². The Morgan fingerprint density at radius 1 is 1.10 bits per heavy atom. The predicted octanol–water partition coefficient (Wildman–Crippen LogP) is 3.06. The van der Waals surface area contributed by atoms with Crippen molar-refractivity contribution in [3.05, 3.63) is 12.7 Å². The van der Waals surface area contributed by atoms with Gasteiger partial charge in [-0.15, -0.1) is 0 Å². The van der Waals surface area contributed by atoms with Crippen LogP contribution in [0, 0.1) is 0 Å². The zero-order valence-electron chi connectivity index (χ0n) is 12.0. The number of rotatable bonds is 3. The molecule has 4 aliphatic rings. The Morgan fingerprint density at radius 3 is 1.90 bits per heavy atom. The van der Waals surface area contributed by atoms with Gasteiger partial charge in [0.05, 0.1) is 23.4 Å². The van der Waals surface area contributed by atoms with E-state index in [1.54, 1.807) is 0 Å².